The van der Waals surface area contributed by atoms with Gasteiger partial charge in [0.15, 0.2) is 0 Å². The van der Waals surface area contributed by atoms with Gasteiger partial charge >= 0.3 is 0 Å². The van der Waals surface area contributed by atoms with Gasteiger partial charge in [-0.15, -0.1) is 0 Å². The molecule has 1 saturated heterocycles. The molecular weight excluding hydrogens is 274 g/mol. The predicted molar refractivity (Wildman–Crippen MR) is 84.4 cm³/mol. The third kappa shape index (κ3) is 6.52. The van der Waals surface area contributed by atoms with Gasteiger partial charge in [0.2, 0.25) is 10.0 Å². The largest absolute Gasteiger partial charge is 0.313 e. The van der Waals surface area contributed by atoms with Crippen molar-refractivity contribution >= 4 is 10.0 Å². The quantitative estimate of drug-likeness (QED) is 0.706. The molecular formula is C14H31N3O2S. The van der Waals surface area contributed by atoms with Crippen molar-refractivity contribution in [1.82, 2.24) is 14.9 Å². The van der Waals surface area contributed by atoms with Crippen molar-refractivity contribution in [2.24, 2.45) is 0 Å². The number of piperidine rings is 1. The molecule has 0 spiro atoms. The van der Waals surface area contributed by atoms with E-state index in [0.29, 0.717) is 12.6 Å². The fourth-order valence-electron chi connectivity index (χ4n) is 2.47. The minimum atomic E-state index is -3.25. The first-order valence-electron chi connectivity index (χ1n) is 7.78. The Morgan fingerprint density at radius 1 is 1.05 bits per heavy atom. The standard InChI is InChI=1S/C14H31N3O2S/c1-12(2)15-10-14(4)20(18,19)16-13(3)11-17-8-6-5-7-9-17/h12-16H,5-11H2,1-4H3. The second-order valence-electron chi connectivity index (χ2n) is 6.30. The van der Waals surface area contributed by atoms with E-state index in [1.807, 2.05) is 20.8 Å². The van der Waals surface area contributed by atoms with E-state index in [2.05, 4.69) is 14.9 Å². The average Bonchev–Trinajstić information content (AvgIpc) is 2.36. The number of nitrogens with one attached hydrogen (secondary N) is 2. The topological polar surface area (TPSA) is 61.4 Å². The highest BCUT2D eigenvalue weighted by Crippen LogP contribution is 2.09. The van der Waals surface area contributed by atoms with E-state index in [4.69, 9.17) is 0 Å². The van der Waals surface area contributed by atoms with E-state index < -0.39 is 15.3 Å². The van der Waals surface area contributed by atoms with E-state index in [-0.39, 0.29) is 6.04 Å². The Morgan fingerprint density at radius 3 is 2.20 bits per heavy atom. The van der Waals surface area contributed by atoms with Crippen LogP contribution in [0.15, 0.2) is 0 Å². The van der Waals surface area contributed by atoms with Crippen LogP contribution in [0.1, 0.15) is 47.0 Å². The van der Waals surface area contributed by atoms with Crippen LogP contribution in [0.25, 0.3) is 0 Å². The van der Waals surface area contributed by atoms with E-state index in [0.717, 1.165) is 19.6 Å². The van der Waals surface area contributed by atoms with Crippen LogP contribution in [0.2, 0.25) is 0 Å². The molecule has 0 aromatic rings. The number of rotatable bonds is 8. The monoisotopic (exact) mass is 305 g/mol. The van der Waals surface area contributed by atoms with Crippen molar-refractivity contribution in [3.63, 3.8) is 0 Å². The number of likely N-dealkylation sites (tertiary alicyclic amines) is 1. The first-order valence-corrected chi connectivity index (χ1v) is 9.32. The predicted octanol–water partition coefficient (Wildman–Crippen LogP) is 1.17. The van der Waals surface area contributed by atoms with Gasteiger partial charge in [0.25, 0.3) is 0 Å². The van der Waals surface area contributed by atoms with Gasteiger partial charge in [-0.25, -0.2) is 13.1 Å². The lowest BCUT2D eigenvalue weighted by Gasteiger charge is -2.29. The molecule has 6 heteroatoms. The molecule has 1 aliphatic heterocycles. The summed E-state index contributed by atoms with van der Waals surface area (Å²) in [6.45, 7) is 11.2. The summed E-state index contributed by atoms with van der Waals surface area (Å²) in [5.41, 5.74) is 0. The molecule has 0 radical (unpaired) electrons. The molecule has 1 fully saturated rings. The van der Waals surface area contributed by atoms with Gasteiger partial charge < -0.3 is 10.2 Å². The average molecular weight is 305 g/mol. The van der Waals surface area contributed by atoms with E-state index >= 15 is 0 Å². The zero-order valence-corrected chi connectivity index (χ0v) is 14.2. The Balaban J connectivity index is 2.39. The summed E-state index contributed by atoms with van der Waals surface area (Å²) in [6.07, 6.45) is 3.76. The summed E-state index contributed by atoms with van der Waals surface area (Å²) in [4.78, 5) is 2.35. The minimum Gasteiger partial charge on any atom is -0.313 e. The number of sulfonamides is 1. The molecule has 2 unspecified atom stereocenters. The zero-order chi connectivity index (χ0) is 15.2. The van der Waals surface area contributed by atoms with Crippen molar-refractivity contribution in [1.29, 1.82) is 0 Å². The molecule has 2 N–H and O–H groups in total. The van der Waals surface area contributed by atoms with Crippen LogP contribution in [0.3, 0.4) is 0 Å². The zero-order valence-electron chi connectivity index (χ0n) is 13.4. The molecule has 2 atom stereocenters. The molecule has 0 amide bonds. The minimum absolute atomic E-state index is 0.0281. The molecule has 1 heterocycles. The molecule has 0 aromatic carbocycles. The summed E-state index contributed by atoms with van der Waals surface area (Å²) in [6, 6.07) is 0.276. The fourth-order valence-corrected chi connectivity index (χ4v) is 3.66. The van der Waals surface area contributed by atoms with Gasteiger partial charge in [-0.1, -0.05) is 20.3 Å². The molecule has 0 bridgehead atoms. The Labute approximate surface area is 124 Å². The smallest absolute Gasteiger partial charge is 0.215 e. The molecule has 20 heavy (non-hydrogen) atoms. The van der Waals surface area contributed by atoms with Gasteiger partial charge in [-0.05, 0) is 39.8 Å². The maximum atomic E-state index is 12.2. The highest BCUT2D eigenvalue weighted by Gasteiger charge is 2.24. The second-order valence-corrected chi connectivity index (χ2v) is 8.43. The normalized spacial score (nSPS) is 21.1. The van der Waals surface area contributed by atoms with Crippen LogP contribution >= 0.6 is 0 Å². The Hall–Kier alpha value is -0.170. The van der Waals surface area contributed by atoms with Gasteiger partial charge in [-0.2, -0.15) is 0 Å². The van der Waals surface area contributed by atoms with Crippen molar-refractivity contribution in [2.45, 2.75) is 64.3 Å². The fraction of sp³-hybridized carbons (Fsp3) is 1.00. The number of nitrogens with zero attached hydrogens (tertiary/aromatic N) is 1. The van der Waals surface area contributed by atoms with Crippen LogP contribution in [0.5, 0.6) is 0 Å². The van der Waals surface area contributed by atoms with Crippen LogP contribution in [0.4, 0.5) is 0 Å². The molecule has 0 aromatic heterocycles. The summed E-state index contributed by atoms with van der Waals surface area (Å²) < 4.78 is 27.3. The van der Waals surface area contributed by atoms with Crippen molar-refractivity contribution < 1.29 is 8.42 Å². The highest BCUT2D eigenvalue weighted by molar-refractivity contribution is 7.90. The second kappa shape index (κ2) is 8.32. The van der Waals surface area contributed by atoms with Crippen LogP contribution < -0.4 is 10.0 Å². The SMILES string of the molecule is CC(C)NCC(C)S(=O)(=O)NC(C)CN1CCCCC1. The Morgan fingerprint density at radius 2 is 1.65 bits per heavy atom. The van der Waals surface area contributed by atoms with E-state index in [9.17, 15) is 8.42 Å². The van der Waals surface area contributed by atoms with Crippen molar-refractivity contribution in [2.75, 3.05) is 26.2 Å². The summed E-state index contributed by atoms with van der Waals surface area (Å²) in [7, 11) is -3.25. The lowest BCUT2D eigenvalue weighted by Crippen LogP contribution is -2.48. The molecule has 120 valence electrons. The van der Waals surface area contributed by atoms with Crippen LogP contribution in [0, 0.1) is 0 Å². The molecule has 5 nitrogen and oxygen atoms in total. The van der Waals surface area contributed by atoms with E-state index in [1.54, 1.807) is 6.92 Å². The lowest BCUT2D eigenvalue weighted by atomic mass is 10.1. The number of hydrogen-bond acceptors (Lipinski definition) is 4. The Kier molecular flexibility index (Phi) is 7.43. The summed E-state index contributed by atoms with van der Waals surface area (Å²) in [5.74, 6) is 0. The molecule has 1 aliphatic rings. The van der Waals surface area contributed by atoms with Gasteiger partial charge in [0.05, 0.1) is 5.25 Å². The van der Waals surface area contributed by atoms with Crippen LogP contribution in [-0.2, 0) is 10.0 Å². The maximum Gasteiger partial charge on any atom is 0.215 e. The van der Waals surface area contributed by atoms with Gasteiger partial charge in [0, 0.05) is 25.2 Å². The highest BCUT2D eigenvalue weighted by atomic mass is 32.2. The van der Waals surface area contributed by atoms with Crippen LogP contribution in [-0.4, -0.2) is 56.8 Å². The number of hydrogen-bond donors (Lipinski definition) is 2. The van der Waals surface area contributed by atoms with Gasteiger partial charge in [-0.3, -0.25) is 0 Å². The summed E-state index contributed by atoms with van der Waals surface area (Å²) >= 11 is 0. The first-order chi connectivity index (χ1) is 9.31. The Bertz CT molecular complexity index is 365. The van der Waals surface area contributed by atoms with Crippen molar-refractivity contribution in [3.8, 4) is 0 Å². The third-order valence-corrected chi connectivity index (χ3v) is 5.65. The van der Waals surface area contributed by atoms with Crippen molar-refractivity contribution in [3.05, 3.63) is 0 Å². The lowest BCUT2D eigenvalue weighted by molar-refractivity contribution is 0.215. The van der Waals surface area contributed by atoms with E-state index in [1.165, 1.54) is 19.3 Å². The van der Waals surface area contributed by atoms with Gasteiger partial charge in [0.1, 0.15) is 0 Å². The molecule has 0 aliphatic carbocycles. The molecule has 1 rings (SSSR count). The molecule has 0 saturated carbocycles. The third-order valence-electron chi connectivity index (χ3n) is 3.69. The summed E-state index contributed by atoms with van der Waals surface area (Å²) in [5, 5.41) is 2.77. The first kappa shape index (κ1) is 17.9. The maximum absolute atomic E-state index is 12.2.